The van der Waals surface area contributed by atoms with Gasteiger partial charge < -0.3 is 10.1 Å². The SMILES string of the molecule is Cc1ccc(OC2CCC(NC(=O)Cc3cccc4ccccc34)CC2)nc1. The molecule has 4 nitrogen and oxygen atoms in total. The highest BCUT2D eigenvalue weighted by Crippen LogP contribution is 2.24. The zero-order chi connectivity index (χ0) is 19.3. The maximum Gasteiger partial charge on any atom is 0.224 e. The minimum atomic E-state index is 0.0981. The third-order valence-electron chi connectivity index (χ3n) is 5.44. The highest BCUT2D eigenvalue weighted by atomic mass is 16.5. The molecule has 3 aromatic rings. The number of nitrogens with one attached hydrogen (secondary N) is 1. The van der Waals surface area contributed by atoms with Crippen molar-refractivity contribution in [3.63, 3.8) is 0 Å². The highest BCUT2D eigenvalue weighted by Gasteiger charge is 2.24. The van der Waals surface area contributed by atoms with E-state index in [0.29, 0.717) is 12.3 Å². The van der Waals surface area contributed by atoms with Crippen LogP contribution in [-0.2, 0) is 11.2 Å². The van der Waals surface area contributed by atoms with Crippen molar-refractivity contribution in [1.29, 1.82) is 0 Å². The molecule has 1 saturated carbocycles. The number of hydrogen-bond donors (Lipinski definition) is 1. The molecule has 144 valence electrons. The number of hydrogen-bond acceptors (Lipinski definition) is 3. The molecule has 0 unspecified atom stereocenters. The zero-order valence-corrected chi connectivity index (χ0v) is 16.2. The van der Waals surface area contributed by atoms with Crippen LogP contribution < -0.4 is 10.1 Å². The number of amides is 1. The molecule has 2 aromatic carbocycles. The van der Waals surface area contributed by atoms with E-state index < -0.39 is 0 Å². The summed E-state index contributed by atoms with van der Waals surface area (Å²) in [6, 6.07) is 18.5. The first-order chi connectivity index (χ1) is 13.7. The van der Waals surface area contributed by atoms with E-state index in [1.165, 1.54) is 5.39 Å². The van der Waals surface area contributed by atoms with E-state index in [2.05, 4.69) is 28.5 Å². The fourth-order valence-corrected chi connectivity index (χ4v) is 3.92. The van der Waals surface area contributed by atoms with Gasteiger partial charge in [0.05, 0.1) is 6.42 Å². The van der Waals surface area contributed by atoms with E-state index in [4.69, 9.17) is 4.74 Å². The summed E-state index contributed by atoms with van der Waals surface area (Å²) in [5, 5.41) is 5.55. The van der Waals surface area contributed by atoms with E-state index in [9.17, 15) is 4.79 Å². The Labute approximate surface area is 165 Å². The third-order valence-corrected chi connectivity index (χ3v) is 5.44. The first-order valence-electron chi connectivity index (χ1n) is 10.0. The molecule has 1 amide bonds. The van der Waals surface area contributed by atoms with Gasteiger partial charge in [-0.2, -0.15) is 0 Å². The van der Waals surface area contributed by atoms with Crippen LogP contribution in [0.15, 0.2) is 60.8 Å². The van der Waals surface area contributed by atoms with Crippen molar-refractivity contribution in [1.82, 2.24) is 10.3 Å². The Balaban J connectivity index is 1.28. The summed E-state index contributed by atoms with van der Waals surface area (Å²) < 4.78 is 5.98. The maximum absolute atomic E-state index is 12.6. The van der Waals surface area contributed by atoms with Gasteiger partial charge in [-0.1, -0.05) is 48.5 Å². The summed E-state index contributed by atoms with van der Waals surface area (Å²) in [6.07, 6.45) is 6.19. The lowest BCUT2D eigenvalue weighted by Gasteiger charge is -2.29. The van der Waals surface area contributed by atoms with Gasteiger partial charge in [0.15, 0.2) is 0 Å². The third kappa shape index (κ3) is 4.50. The molecule has 1 aliphatic rings. The quantitative estimate of drug-likeness (QED) is 0.710. The number of carbonyl (C=O) groups excluding carboxylic acids is 1. The van der Waals surface area contributed by atoms with E-state index in [-0.39, 0.29) is 18.1 Å². The number of aromatic nitrogens is 1. The van der Waals surface area contributed by atoms with Gasteiger partial charge >= 0.3 is 0 Å². The van der Waals surface area contributed by atoms with Gasteiger partial charge in [0, 0.05) is 18.3 Å². The fraction of sp³-hybridized carbons (Fsp3) is 0.333. The molecule has 0 atom stereocenters. The van der Waals surface area contributed by atoms with Crippen LogP contribution in [0.5, 0.6) is 5.88 Å². The van der Waals surface area contributed by atoms with Crippen molar-refractivity contribution in [3.05, 3.63) is 71.9 Å². The summed E-state index contributed by atoms with van der Waals surface area (Å²) >= 11 is 0. The predicted molar refractivity (Wildman–Crippen MR) is 111 cm³/mol. The topological polar surface area (TPSA) is 51.2 Å². The first kappa shape index (κ1) is 18.5. The molecule has 4 rings (SSSR count). The summed E-state index contributed by atoms with van der Waals surface area (Å²) in [4.78, 5) is 16.9. The van der Waals surface area contributed by atoms with E-state index >= 15 is 0 Å². The van der Waals surface area contributed by atoms with Gasteiger partial charge in [0.1, 0.15) is 6.10 Å². The van der Waals surface area contributed by atoms with Gasteiger partial charge in [-0.3, -0.25) is 4.79 Å². The largest absolute Gasteiger partial charge is 0.474 e. The average molecular weight is 374 g/mol. The summed E-state index contributed by atoms with van der Waals surface area (Å²) in [5.74, 6) is 0.787. The van der Waals surface area contributed by atoms with Crippen molar-refractivity contribution in [2.24, 2.45) is 0 Å². The number of rotatable bonds is 5. The summed E-state index contributed by atoms with van der Waals surface area (Å²) in [5.41, 5.74) is 2.21. The molecule has 1 aliphatic carbocycles. The van der Waals surface area contributed by atoms with Crippen LogP contribution in [0, 0.1) is 6.92 Å². The Morgan fingerprint density at radius 1 is 1.04 bits per heavy atom. The molecule has 0 bridgehead atoms. The number of fused-ring (bicyclic) bond motifs is 1. The number of ether oxygens (including phenoxy) is 1. The Morgan fingerprint density at radius 2 is 1.82 bits per heavy atom. The molecule has 1 aromatic heterocycles. The van der Waals surface area contributed by atoms with Crippen molar-refractivity contribution in [3.8, 4) is 5.88 Å². The van der Waals surface area contributed by atoms with Gasteiger partial charge in [0.25, 0.3) is 0 Å². The Hall–Kier alpha value is -2.88. The monoisotopic (exact) mass is 374 g/mol. The van der Waals surface area contributed by atoms with Gasteiger partial charge in [0.2, 0.25) is 11.8 Å². The summed E-state index contributed by atoms with van der Waals surface area (Å²) in [7, 11) is 0. The normalized spacial score (nSPS) is 19.3. The number of pyridine rings is 1. The van der Waals surface area contributed by atoms with Crippen LogP contribution >= 0.6 is 0 Å². The molecule has 0 radical (unpaired) electrons. The molecular formula is C24H26N2O2. The molecule has 0 spiro atoms. The molecule has 1 heterocycles. The van der Waals surface area contributed by atoms with Crippen LogP contribution in [0.25, 0.3) is 10.8 Å². The zero-order valence-electron chi connectivity index (χ0n) is 16.2. The van der Waals surface area contributed by atoms with Crippen LogP contribution in [-0.4, -0.2) is 23.0 Å². The number of nitrogens with zero attached hydrogens (tertiary/aromatic N) is 1. The average Bonchev–Trinajstić information content (AvgIpc) is 2.71. The maximum atomic E-state index is 12.6. The predicted octanol–water partition coefficient (Wildman–Crippen LogP) is 4.59. The van der Waals surface area contributed by atoms with E-state index in [0.717, 1.165) is 42.2 Å². The van der Waals surface area contributed by atoms with E-state index in [1.54, 1.807) is 0 Å². The number of benzene rings is 2. The van der Waals surface area contributed by atoms with Crippen molar-refractivity contribution < 1.29 is 9.53 Å². The minimum absolute atomic E-state index is 0.0981. The molecule has 0 aliphatic heterocycles. The second kappa shape index (κ2) is 8.42. The molecule has 0 saturated heterocycles. The van der Waals surface area contributed by atoms with Gasteiger partial charge in [-0.15, -0.1) is 0 Å². The van der Waals surface area contributed by atoms with Gasteiger partial charge in [-0.05, 0) is 54.5 Å². The molecule has 1 N–H and O–H groups in total. The fourth-order valence-electron chi connectivity index (χ4n) is 3.92. The lowest BCUT2D eigenvalue weighted by Crippen LogP contribution is -2.40. The first-order valence-corrected chi connectivity index (χ1v) is 10.0. The Morgan fingerprint density at radius 3 is 2.61 bits per heavy atom. The molecular weight excluding hydrogens is 348 g/mol. The Bertz CT molecular complexity index is 939. The van der Waals surface area contributed by atoms with Crippen LogP contribution in [0.3, 0.4) is 0 Å². The van der Waals surface area contributed by atoms with Crippen LogP contribution in [0.2, 0.25) is 0 Å². The van der Waals surface area contributed by atoms with Crippen LogP contribution in [0.4, 0.5) is 0 Å². The standard InChI is InChI=1S/C24H26N2O2/c1-17-9-14-24(25-16-17)28-21-12-10-20(11-13-21)26-23(27)15-19-7-4-6-18-5-2-3-8-22(18)19/h2-9,14,16,20-21H,10-13,15H2,1H3,(H,26,27). The number of carbonyl (C=O) groups is 1. The highest BCUT2D eigenvalue weighted by molar-refractivity contribution is 5.90. The second-order valence-electron chi connectivity index (χ2n) is 7.65. The minimum Gasteiger partial charge on any atom is -0.474 e. The number of aryl methyl sites for hydroxylation is 1. The van der Waals surface area contributed by atoms with Crippen molar-refractivity contribution in [2.45, 2.75) is 51.2 Å². The van der Waals surface area contributed by atoms with Crippen molar-refractivity contribution in [2.75, 3.05) is 0 Å². The molecule has 4 heteroatoms. The Kier molecular flexibility index (Phi) is 5.56. The summed E-state index contributed by atoms with van der Waals surface area (Å²) in [6.45, 7) is 2.02. The lowest BCUT2D eigenvalue weighted by molar-refractivity contribution is -0.121. The van der Waals surface area contributed by atoms with E-state index in [1.807, 2.05) is 49.5 Å². The smallest absolute Gasteiger partial charge is 0.224 e. The van der Waals surface area contributed by atoms with Crippen molar-refractivity contribution >= 4 is 16.7 Å². The van der Waals surface area contributed by atoms with Crippen LogP contribution in [0.1, 0.15) is 36.8 Å². The lowest BCUT2D eigenvalue weighted by atomic mass is 9.92. The second-order valence-corrected chi connectivity index (χ2v) is 7.65. The van der Waals surface area contributed by atoms with Gasteiger partial charge in [-0.25, -0.2) is 4.98 Å². The molecule has 1 fully saturated rings. The molecule has 28 heavy (non-hydrogen) atoms.